The van der Waals surface area contributed by atoms with Gasteiger partial charge in [-0.15, -0.1) is 11.3 Å². The molecule has 24 heavy (non-hydrogen) atoms. The van der Waals surface area contributed by atoms with Gasteiger partial charge >= 0.3 is 5.97 Å². The Morgan fingerprint density at radius 1 is 1.29 bits per heavy atom. The van der Waals surface area contributed by atoms with Crippen molar-refractivity contribution < 1.29 is 13.9 Å². The molecule has 0 spiro atoms. The molecule has 0 fully saturated rings. The molecule has 0 atom stereocenters. The first-order valence-corrected chi connectivity index (χ1v) is 9.35. The number of para-hydroxylation sites is 1. The number of hydrogen-bond acceptors (Lipinski definition) is 6. The Bertz CT molecular complexity index is 932. The molecule has 1 aliphatic rings. The van der Waals surface area contributed by atoms with Crippen LogP contribution in [0.15, 0.2) is 18.2 Å². The normalized spacial score (nSPS) is 13.8. The fraction of sp³-hybridized carbons (Fsp3) is 0.294. The summed E-state index contributed by atoms with van der Waals surface area (Å²) < 4.78 is 19.6. The summed E-state index contributed by atoms with van der Waals surface area (Å²) in [6, 6.07) is 4.90. The number of carbonyl (C=O) groups excluding carboxylic acids is 1. The second-order valence-corrected chi connectivity index (χ2v) is 7.77. The number of ether oxygens (including phenoxy) is 1. The molecule has 0 unspecified atom stereocenters. The van der Waals surface area contributed by atoms with Crippen molar-refractivity contribution >= 4 is 49.0 Å². The number of fused-ring (bicyclic) bond motifs is 2. The number of carbonyl (C=O) groups is 1. The molecule has 4 rings (SSSR count). The monoisotopic (exact) mass is 362 g/mol. The zero-order chi connectivity index (χ0) is 16.7. The van der Waals surface area contributed by atoms with Crippen LogP contribution >= 0.6 is 22.7 Å². The first-order valence-electron chi connectivity index (χ1n) is 7.72. The Labute approximate surface area is 146 Å². The summed E-state index contributed by atoms with van der Waals surface area (Å²) >= 11 is 2.95. The van der Waals surface area contributed by atoms with Gasteiger partial charge < -0.3 is 10.1 Å². The number of rotatable bonds is 3. The van der Waals surface area contributed by atoms with Crippen molar-refractivity contribution in [1.29, 1.82) is 0 Å². The van der Waals surface area contributed by atoms with E-state index in [0.29, 0.717) is 16.2 Å². The highest BCUT2D eigenvalue weighted by Gasteiger charge is 2.26. The van der Waals surface area contributed by atoms with Gasteiger partial charge in [-0.2, -0.15) is 0 Å². The quantitative estimate of drug-likeness (QED) is 0.673. The Morgan fingerprint density at radius 2 is 2.12 bits per heavy atom. The number of aromatic nitrogens is 1. The molecule has 1 aromatic carbocycles. The van der Waals surface area contributed by atoms with Gasteiger partial charge in [0, 0.05) is 4.88 Å². The lowest BCUT2D eigenvalue weighted by Crippen LogP contribution is -2.09. The lowest BCUT2D eigenvalue weighted by molar-refractivity contribution is 0.0601. The molecule has 124 valence electrons. The van der Waals surface area contributed by atoms with E-state index < -0.39 is 0 Å². The predicted octanol–water partition coefficient (Wildman–Crippen LogP) is 4.91. The van der Waals surface area contributed by atoms with E-state index in [-0.39, 0.29) is 11.8 Å². The lowest BCUT2D eigenvalue weighted by atomic mass is 9.95. The summed E-state index contributed by atoms with van der Waals surface area (Å²) in [4.78, 5) is 17.8. The highest BCUT2D eigenvalue weighted by atomic mass is 32.1. The number of nitrogens with zero attached hydrogens (tertiary/aromatic N) is 1. The second-order valence-electron chi connectivity index (χ2n) is 5.64. The molecule has 0 amide bonds. The van der Waals surface area contributed by atoms with E-state index in [1.54, 1.807) is 17.4 Å². The zero-order valence-electron chi connectivity index (χ0n) is 13.0. The standard InChI is InChI=1S/C17H15FN2O2S2/c1-22-16(21)13-9-5-2-3-7-11(9)23-15(13)20-17-19-14-10(18)6-4-8-12(14)24-17/h4,6,8H,2-3,5,7H2,1H3,(H,19,20). The molecule has 0 bridgehead atoms. The minimum atomic E-state index is -0.338. The van der Waals surface area contributed by atoms with Crippen molar-refractivity contribution in [2.24, 2.45) is 0 Å². The highest BCUT2D eigenvalue weighted by Crippen LogP contribution is 2.41. The fourth-order valence-corrected chi connectivity index (χ4v) is 5.26. The number of thiazole rings is 1. The van der Waals surface area contributed by atoms with Gasteiger partial charge in [0.1, 0.15) is 16.3 Å². The summed E-state index contributed by atoms with van der Waals surface area (Å²) in [7, 11) is 1.39. The van der Waals surface area contributed by atoms with Crippen molar-refractivity contribution in [2.75, 3.05) is 12.4 Å². The van der Waals surface area contributed by atoms with Crippen LogP contribution in [0.2, 0.25) is 0 Å². The molecule has 0 radical (unpaired) electrons. The van der Waals surface area contributed by atoms with Crippen molar-refractivity contribution in [3.8, 4) is 0 Å². The molecular formula is C17H15FN2O2S2. The molecular weight excluding hydrogens is 347 g/mol. The number of halogens is 1. The molecule has 2 aromatic heterocycles. The fourth-order valence-electron chi connectivity index (χ4n) is 3.04. The van der Waals surface area contributed by atoms with E-state index >= 15 is 0 Å². The number of aryl methyl sites for hydroxylation is 1. The van der Waals surface area contributed by atoms with Crippen LogP contribution in [-0.4, -0.2) is 18.1 Å². The summed E-state index contributed by atoms with van der Waals surface area (Å²) in [6.45, 7) is 0. The smallest absolute Gasteiger partial charge is 0.341 e. The number of esters is 1. The van der Waals surface area contributed by atoms with Crippen molar-refractivity contribution in [3.05, 3.63) is 40.0 Å². The molecule has 1 N–H and O–H groups in total. The number of anilines is 2. The van der Waals surface area contributed by atoms with Crippen LogP contribution in [0.25, 0.3) is 10.2 Å². The van der Waals surface area contributed by atoms with Crippen molar-refractivity contribution in [2.45, 2.75) is 25.7 Å². The highest BCUT2D eigenvalue weighted by molar-refractivity contribution is 7.23. The van der Waals surface area contributed by atoms with Gasteiger partial charge in [0.15, 0.2) is 5.13 Å². The van der Waals surface area contributed by atoms with E-state index in [1.165, 1.54) is 29.4 Å². The average molecular weight is 362 g/mol. The largest absolute Gasteiger partial charge is 0.465 e. The van der Waals surface area contributed by atoms with Crippen LogP contribution < -0.4 is 5.32 Å². The van der Waals surface area contributed by atoms with Crippen LogP contribution in [-0.2, 0) is 17.6 Å². The third-order valence-electron chi connectivity index (χ3n) is 4.15. The minimum Gasteiger partial charge on any atom is -0.465 e. The van der Waals surface area contributed by atoms with Crippen LogP contribution in [0.4, 0.5) is 14.5 Å². The Balaban J connectivity index is 1.76. The first kappa shape index (κ1) is 15.5. The van der Waals surface area contributed by atoms with E-state index in [2.05, 4.69) is 10.3 Å². The SMILES string of the molecule is COC(=O)c1c(Nc2nc3c(F)cccc3s2)sc2c1CCCC2. The van der Waals surface area contributed by atoms with Gasteiger partial charge in [-0.25, -0.2) is 14.2 Å². The molecule has 4 nitrogen and oxygen atoms in total. The summed E-state index contributed by atoms with van der Waals surface area (Å²) in [5.41, 5.74) is 2.05. The van der Waals surface area contributed by atoms with Gasteiger partial charge in [0.25, 0.3) is 0 Å². The maximum Gasteiger partial charge on any atom is 0.341 e. The zero-order valence-corrected chi connectivity index (χ0v) is 14.7. The van der Waals surface area contributed by atoms with Gasteiger partial charge in [-0.3, -0.25) is 0 Å². The second kappa shape index (κ2) is 6.14. The van der Waals surface area contributed by atoms with E-state index in [4.69, 9.17) is 4.74 Å². The Morgan fingerprint density at radius 3 is 2.92 bits per heavy atom. The van der Waals surface area contributed by atoms with Crippen LogP contribution in [0.1, 0.15) is 33.6 Å². The molecule has 0 saturated carbocycles. The first-order chi connectivity index (χ1) is 11.7. The number of methoxy groups -OCH3 is 1. The lowest BCUT2D eigenvalue weighted by Gasteiger charge is -2.11. The summed E-state index contributed by atoms with van der Waals surface area (Å²) in [5.74, 6) is -0.667. The van der Waals surface area contributed by atoms with E-state index in [9.17, 15) is 9.18 Å². The molecule has 7 heteroatoms. The van der Waals surface area contributed by atoms with Crippen molar-refractivity contribution in [3.63, 3.8) is 0 Å². The maximum absolute atomic E-state index is 13.8. The van der Waals surface area contributed by atoms with E-state index in [1.807, 2.05) is 6.07 Å². The third kappa shape index (κ3) is 2.57. The van der Waals surface area contributed by atoms with E-state index in [0.717, 1.165) is 40.9 Å². The van der Waals surface area contributed by atoms with Gasteiger partial charge in [0.05, 0.1) is 17.4 Å². The number of thiophene rings is 1. The number of benzene rings is 1. The van der Waals surface area contributed by atoms with Crippen LogP contribution in [0, 0.1) is 5.82 Å². The van der Waals surface area contributed by atoms with Gasteiger partial charge in [0.2, 0.25) is 0 Å². The third-order valence-corrected chi connectivity index (χ3v) is 6.29. The Kier molecular flexibility index (Phi) is 3.97. The summed E-state index contributed by atoms with van der Waals surface area (Å²) in [5, 5.41) is 4.55. The number of nitrogens with one attached hydrogen (secondary N) is 1. The summed E-state index contributed by atoms with van der Waals surface area (Å²) in [6.07, 6.45) is 4.10. The molecule has 2 heterocycles. The molecule has 0 aliphatic heterocycles. The Hall–Kier alpha value is -1.99. The molecule has 3 aromatic rings. The number of hydrogen-bond donors (Lipinski definition) is 1. The van der Waals surface area contributed by atoms with Crippen LogP contribution in [0.3, 0.4) is 0 Å². The molecule has 0 saturated heterocycles. The van der Waals surface area contributed by atoms with Gasteiger partial charge in [-0.1, -0.05) is 17.4 Å². The predicted molar refractivity (Wildman–Crippen MR) is 95.2 cm³/mol. The average Bonchev–Trinajstić information content (AvgIpc) is 3.16. The van der Waals surface area contributed by atoms with Gasteiger partial charge in [-0.05, 0) is 43.4 Å². The van der Waals surface area contributed by atoms with Crippen molar-refractivity contribution in [1.82, 2.24) is 4.98 Å². The topological polar surface area (TPSA) is 51.2 Å². The molecule has 1 aliphatic carbocycles. The maximum atomic E-state index is 13.8. The minimum absolute atomic E-state index is 0.329. The van der Waals surface area contributed by atoms with Crippen LogP contribution in [0.5, 0.6) is 0 Å².